The minimum absolute atomic E-state index is 0.0209. The average molecular weight is 922 g/mol. The molecule has 1 unspecified atom stereocenters. The van der Waals surface area contributed by atoms with Crippen molar-refractivity contribution in [2.75, 3.05) is 47.5 Å². The Balaban J connectivity index is 2.51. The Bertz CT molecular complexity index is 1500. The summed E-state index contributed by atoms with van der Waals surface area (Å²) in [5, 5.41) is 31.4. The van der Waals surface area contributed by atoms with Crippen LogP contribution in [-0.2, 0) is 37.5 Å². The minimum atomic E-state index is -4.73. The lowest BCUT2D eigenvalue weighted by atomic mass is 9.87. The van der Waals surface area contributed by atoms with Gasteiger partial charge in [0.1, 0.15) is 25.5 Å². The van der Waals surface area contributed by atoms with Gasteiger partial charge in [0.2, 0.25) is 0 Å². The van der Waals surface area contributed by atoms with Gasteiger partial charge >= 0.3 is 11.9 Å². The zero-order chi connectivity index (χ0) is 47.5. The second-order valence-electron chi connectivity index (χ2n) is 17.7. The van der Waals surface area contributed by atoms with Crippen molar-refractivity contribution < 1.29 is 62.2 Å². The lowest BCUT2D eigenvalue weighted by Crippen LogP contribution is -2.37. The molecule has 1 aliphatic rings. The number of phosphoric acid groups is 1. The summed E-state index contributed by atoms with van der Waals surface area (Å²) >= 11 is 0. The van der Waals surface area contributed by atoms with Crippen molar-refractivity contribution in [2.45, 2.75) is 167 Å². The van der Waals surface area contributed by atoms with E-state index in [4.69, 9.17) is 18.5 Å². The van der Waals surface area contributed by atoms with E-state index < -0.39 is 69.2 Å². The van der Waals surface area contributed by atoms with Crippen molar-refractivity contribution >= 4 is 25.5 Å². The molecule has 13 nitrogen and oxygen atoms in total. The fourth-order valence-electron chi connectivity index (χ4n) is 6.91. The van der Waals surface area contributed by atoms with Gasteiger partial charge < -0.3 is 43.2 Å². The van der Waals surface area contributed by atoms with Crippen molar-refractivity contribution in [2.24, 2.45) is 11.8 Å². The molecule has 7 atom stereocenters. The van der Waals surface area contributed by atoms with Crippen LogP contribution >= 0.6 is 7.82 Å². The van der Waals surface area contributed by atoms with Gasteiger partial charge in [0.15, 0.2) is 6.10 Å². The van der Waals surface area contributed by atoms with Gasteiger partial charge in [0.25, 0.3) is 7.82 Å². The first-order valence-electron chi connectivity index (χ1n) is 23.8. The van der Waals surface area contributed by atoms with Crippen LogP contribution in [0.15, 0.2) is 72.9 Å². The van der Waals surface area contributed by atoms with Gasteiger partial charge in [-0.05, 0) is 70.6 Å². The number of carbonyl (C=O) groups excluding carboxylic acids is 3. The van der Waals surface area contributed by atoms with Crippen molar-refractivity contribution in [3.8, 4) is 0 Å². The van der Waals surface area contributed by atoms with Crippen molar-refractivity contribution in [1.82, 2.24) is 0 Å². The van der Waals surface area contributed by atoms with E-state index >= 15 is 0 Å². The monoisotopic (exact) mass is 922 g/mol. The summed E-state index contributed by atoms with van der Waals surface area (Å²) in [6.45, 7) is 3.52. The highest BCUT2D eigenvalue weighted by Gasteiger charge is 2.41. The van der Waals surface area contributed by atoms with Crippen LogP contribution in [0.25, 0.3) is 0 Å². The Morgan fingerprint density at radius 2 is 1.33 bits per heavy atom. The van der Waals surface area contributed by atoms with E-state index in [1.807, 2.05) is 21.1 Å². The number of aliphatic hydroxyl groups excluding tert-OH is 3. The molecular weight excluding hydrogens is 838 g/mol. The molecule has 366 valence electrons. The summed E-state index contributed by atoms with van der Waals surface area (Å²) in [4.78, 5) is 50.7. The number of esters is 2. The maximum absolute atomic E-state index is 12.9. The van der Waals surface area contributed by atoms with Crippen LogP contribution in [0.1, 0.15) is 142 Å². The Morgan fingerprint density at radius 3 is 1.95 bits per heavy atom. The summed E-state index contributed by atoms with van der Waals surface area (Å²) in [5.41, 5.74) is 0. The van der Waals surface area contributed by atoms with Gasteiger partial charge in [-0.25, -0.2) is 0 Å². The molecule has 64 heavy (non-hydrogen) atoms. The summed E-state index contributed by atoms with van der Waals surface area (Å²) in [6.07, 6.45) is 34.2. The highest BCUT2D eigenvalue weighted by atomic mass is 31.2. The topological polar surface area (TPSA) is 189 Å². The van der Waals surface area contributed by atoms with E-state index in [0.29, 0.717) is 36.7 Å². The van der Waals surface area contributed by atoms with Crippen LogP contribution in [0.5, 0.6) is 0 Å². The highest BCUT2D eigenvalue weighted by molar-refractivity contribution is 7.45. The maximum Gasteiger partial charge on any atom is 0.306 e. The van der Waals surface area contributed by atoms with Gasteiger partial charge in [-0.1, -0.05) is 112 Å². The third kappa shape index (κ3) is 32.6. The SMILES string of the molecule is CC/C=C\C/C=C\C/C=C\C/C=C\C/C=C\CCCCCC(=O)O[C@H](COC(=O)CCCCC(=O)C[C@@H]1[C@@H](/C=C/[C@@H](O)CCCCC)[C@H](O)C[C@@H]1O)COP(=O)([O-])OCC[N+](C)(C)C. The van der Waals surface area contributed by atoms with Crippen LogP contribution in [0.2, 0.25) is 0 Å². The van der Waals surface area contributed by atoms with Gasteiger partial charge in [0, 0.05) is 43.9 Å². The number of Topliss-reactive ketones (excluding diaryl/α,β-unsaturated/α-hetero) is 1. The molecule has 1 saturated carbocycles. The number of ether oxygens (including phenoxy) is 2. The smallest absolute Gasteiger partial charge is 0.306 e. The molecule has 14 heteroatoms. The Hall–Kier alpha value is -3.00. The molecule has 3 N–H and O–H groups in total. The van der Waals surface area contributed by atoms with E-state index in [0.717, 1.165) is 70.6 Å². The van der Waals surface area contributed by atoms with Gasteiger partial charge in [-0.3, -0.25) is 18.9 Å². The highest BCUT2D eigenvalue weighted by Crippen LogP contribution is 2.39. The Kier molecular flexibility index (Phi) is 33.3. The molecule has 0 heterocycles. The van der Waals surface area contributed by atoms with Gasteiger partial charge in [-0.15, -0.1) is 0 Å². The molecule has 0 saturated heterocycles. The predicted molar refractivity (Wildman–Crippen MR) is 252 cm³/mol. The first-order chi connectivity index (χ1) is 30.6. The molecule has 0 amide bonds. The number of unbranched alkanes of at least 4 members (excludes halogenated alkanes) is 6. The van der Waals surface area contributed by atoms with E-state index in [9.17, 15) is 39.2 Å². The Morgan fingerprint density at radius 1 is 0.734 bits per heavy atom. The number of phosphoric ester groups is 1. The van der Waals surface area contributed by atoms with Gasteiger partial charge in [-0.2, -0.15) is 0 Å². The molecule has 0 radical (unpaired) electrons. The van der Waals surface area contributed by atoms with Gasteiger partial charge in [0.05, 0.1) is 46.1 Å². The minimum Gasteiger partial charge on any atom is -0.756 e. The number of rotatable bonds is 38. The fraction of sp³-hybridized carbons (Fsp3) is 0.700. The molecule has 0 aromatic heterocycles. The first kappa shape index (κ1) is 59.0. The van der Waals surface area contributed by atoms with E-state index in [2.05, 4.69) is 74.6 Å². The fourth-order valence-corrected chi connectivity index (χ4v) is 7.64. The molecule has 1 aliphatic carbocycles. The number of aliphatic hydroxyl groups is 3. The van der Waals surface area contributed by atoms with Crippen molar-refractivity contribution in [3.63, 3.8) is 0 Å². The summed E-state index contributed by atoms with van der Waals surface area (Å²) in [6, 6.07) is 0. The number of likely N-dealkylation sites (N-methyl/N-ethyl adjacent to an activating group) is 1. The molecular formula is C50H84NO12P. The van der Waals surface area contributed by atoms with Crippen LogP contribution in [0.4, 0.5) is 0 Å². The second-order valence-corrected chi connectivity index (χ2v) is 19.1. The maximum atomic E-state index is 12.9. The molecule has 0 bridgehead atoms. The third-order valence-electron chi connectivity index (χ3n) is 10.7. The lowest BCUT2D eigenvalue weighted by Gasteiger charge is -2.28. The van der Waals surface area contributed by atoms with Crippen LogP contribution in [0.3, 0.4) is 0 Å². The number of nitrogens with zero attached hydrogens (tertiary/aromatic N) is 1. The van der Waals surface area contributed by atoms with E-state index in [1.165, 1.54) is 0 Å². The summed E-state index contributed by atoms with van der Waals surface area (Å²) in [7, 11) is 0.927. The lowest BCUT2D eigenvalue weighted by molar-refractivity contribution is -0.870. The third-order valence-corrected chi connectivity index (χ3v) is 11.7. The largest absolute Gasteiger partial charge is 0.756 e. The molecule has 0 aromatic carbocycles. The molecule has 1 fully saturated rings. The standard InChI is InChI=1S/C50H84NO12P/c1-6-8-10-11-12-13-14-15-16-17-18-19-20-21-22-23-24-25-27-33-50(57)63-44(41-62-64(58,59)61-37-36-51(3,4)5)40-60-49(56)32-29-28-31-43(53)38-46-45(47(54)39-48(46)55)35-34-42(52)30-26-9-7-2/h8,10,12-13,15-16,18-19,21-22,34-35,42,44-48,52,54-55H,6-7,9,11,14,17,20,23-33,36-41H2,1-5H3/b10-8-,13-12-,16-15-,19-18-,22-21-,35-34+/t42-,44+,45+,46+,47+,48-/m0/s1. The normalized spacial score (nSPS) is 20.4. The zero-order valence-electron chi connectivity index (χ0n) is 39.8. The number of allylic oxidation sites excluding steroid dienone is 10. The van der Waals surface area contributed by atoms with Crippen molar-refractivity contribution in [1.29, 1.82) is 0 Å². The number of hydrogen-bond donors (Lipinski definition) is 3. The second kappa shape index (κ2) is 36.2. The number of hydrogen-bond acceptors (Lipinski definition) is 12. The predicted octanol–water partition coefficient (Wildman–Crippen LogP) is 8.73. The van der Waals surface area contributed by atoms with Crippen molar-refractivity contribution in [3.05, 3.63) is 72.9 Å². The summed E-state index contributed by atoms with van der Waals surface area (Å²) < 4.78 is 33.8. The number of ketones is 1. The quantitative estimate of drug-likeness (QED) is 0.0176. The first-order valence-corrected chi connectivity index (χ1v) is 25.3. The summed E-state index contributed by atoms with van der Waals surface area (Å²) in [5.74, 6) is -2.17. The van der Waals surface area contributed by atoms with E-state index in [1.54, 1.807) is 12.2 Å². The number of quaternary nitrogens is 1. The average Bonchev–Trinajstić information content (AvgIpc) is 3.49. The van der Waals surface area contributed by atoms with Crippen LogP contribution in [0, 0.1) is 11.8 Å². The van der Waals surface area contributed by atoms with E-state index in [-0.39, 0.29) is 44.5 Å². The molecule has 0 aromatic rings. The van der Waals surface area contributed by atoms with Crippen LogP contribution < -0.4 is 4.89 Å². The number of carbonyl (C=O) groups is 3. The Labute approximate surface area is 385 Å². The molecule has 1 rings (SSSR count). The molecule has 0 aliphatic heterocycles. The molecule has 0 spiro atoms. The zero-order valence-corrected chi connectivity index (χ0v) is 40.7. The van der Waals surface area contributed by atoms with Crippen LogP contribution in [-0.4, -0.2) is 109 Å².